The molecule has 7 heteroatoms. The third-order valence-electron chi connectivity index (χ3n) is 6.06. The number of nitrogens with zero attached hydrogens (tertiary/aromatic N) is 3. The van der Waals surface area contributed by atoms with Crippen LogP contribution in [-0.4, -0.2) is 16.4 Å². The number of halogens is 3. The van der Waals surface area contributed by atoms with E-state index < -0.39 is 17.5 Å². The summed E-state index contributed by atoms with van der Waals surface area (Å²) >= 11 is 0. The summed E-state index contributed by atoms with van der Waals surface area (Å²) in [5.74, 6) is -3.37. The van der Waals surface area contributed by atoms with Gasteiger partial charge in [0.2, 0.25) is 0 Å². The molecule has 0 saturated carbocycles. The summed E-state index contributed by atoms with van der Waals surface area (Å²) < 4.78 is 40.0. The Balaban J connectivity index is 0.000000185. The summed E-state index contributed by atoms with van der Waals surface area (Å²) in [4.78, 5) is 6.42. The minimum atomic E-state index is -1.26. The number of rotatable bonds is 2. The monoisotopic (exact) mass is 661 g/mol. The van der Waals surface area contributed by atoms with Gasteiger partial charge in [0, 0.05) is 24.1 Å². The average molecular weight is 661 g/mol. The minimum Gasteiger partial charge on any atom is -0.668 e. The molecule has 0 fully saturated rings. The van der Waals surface area contributed by atoms with E-state index in [-0.39, 0.29) is 37.5 Å². The van der Waals surface area contributed by atoms with E-state index in [9.17, 15) is 13.2 Å². The second-order valence-electron chi connectivity index (χ2n) is 8.32. The molecule has 36 heavy (non-hydrogen) atoms. The molecule has 0 aliphatic carbocycles. The minimum absolute atomic E-state index is 0. The van der Waals surface area contributed by atoms with Crippen molar-refractivity contribution in [3.63, 3.8) is 0 Å². The molecule has 182 valence electrons. The van der Waals surface area contributed by atoms with Gasteiger partial charge < -0.3 is 15.2 Å². The van der Waals surface area contributed by atoms with Crippen LogP contribution in [-0.2, 0) is 26.5 Å². The zero-order chi connectivity index (χ0) is 24.4. The van der Waals surface area contributed by atoms with Crippen LogP contribution in [0.1, 0.15) is 22.9 Å². The van der Waals surface area contributed by atoms with E-state index in [0.717, 1.165) is 29.7 Å². The maximum absolute atomic E-state index is 13.8. The first kappa shape index (κ1) is 25.7. The first-order valence-corrected chi connectivity index (χ1v) is 11.2. The Morgan fingerprint density at radius 1 is 1.03 bits per heavy atom. The second kappa shape index (κ2) is 11.1. The van der Waals surface area contributed by atoms with Crippen LogP contribution in [0, 0.1) is 36.5 Å². The molecule has 0 radical (unpaired) electrons. The molecule has 0 N–H and O–H groups in total. The van der Waals surface area contributed by atoms with Crippen LogP contribution < -0.4 is 0 Å². The van der Waals surface area contributed by atoms with Gasteiger partial charge in [-0.3, -0.25) is 8.78 Å². The maximum Gasteiger partial charge on any atom is 3.00 e. The molecule has 6 rings (SSSR count). The molecule has 1 aromatic heterocycles. The summed E-state index contributed by atoms with van der Waals surface area (Å²) in [6.45, 7) is 2.93. The number of pyridine rings is 1. The summed E-state index contributed by atoms with van der Waals surface area (Å²) in [6.07, 6.45) is 6.87. The van der Waals surface area contributed by atoms with Crippen molar-refractivity contribution in [2.24, 2.45) is 0 Å². The van der Waals surface area contributed by atoms with Gasteiger partial charge in [0.15, 0.2) is 0 Å². The molecule has 4 aromatic rings. The number of hydrogen-bond acceptors (Lipinski definition) is 2. The fourth-order valence-electron chi connectivity index (χ4n) is 4.28. The maximum atomic E-state index is 13.8. The van der Waals surface area contributed by atoms with Gasteiger partial charge in [0.05, 0.1) is 11.6 Å². The second-order valence-corrected chi connectivity index (χ2v) is 8.32. The quantitative estimate of drug-likeness (QED) is 0.169. The molecule has 0 bridgehead atoms. The van der Waals surface area contributed by atoms with Gasteiger partial charge in [-0.25, -0.2) is 4.39 Å². The largest absolute Gasteiger partial charge is 3.00 e. The van der Waals surface area contributed by atoms with Crippen molar-refractivity contribution in [1.82, 2.24) is 9.88 Å². The average Bonchev–Trinajstić information content (AvgIpc) is 3.37. The number of benzene rings is 3. The molecular formula is C29H21F3IrN3. The van der Waals surface area contributed by atoms with Gasteiger partial charge in [-0.2, -0.15) is 41.6 Å². The van der Waals surface area contributed by atoms with Crippen LogP contribution in [0.15, 0.2) is 79.3 Å². The molecule has 2 aliphatic heterocycles. The molecule has 1 atom stereocenters. The molecule has 3 nitrogen and oxygen atoms in total. The van der Waals surface area contributed by atoms with Gasteiger partial charge in [0.1, 0.15) is 0 Å². The van der Waals surface area contributed by atoms with E-state index in [1.165, 1.54) is 11.1 Å². The Bertz CT molecular complexity index is 1390. The molecule has 1 unspecified atom stereocenters. The first-order valence-electron chi connectivity index (χ1n) is 11.2. The summed E-state index contributed by atoms with van der Waals surface area (Å²) in [7, 11) is 0. The van der Waals surface area contributed by atoms with Crippen molar-refractivity contribution < 1.29 is 33.3 Å². The van der Waals surface area contributed by atoms with Crippen molar-refractivity contribution in [1.29, 1.82) is 0 Å². The summed E-state index contributed by atoms with van der Waals surface area (Å²) in [5, 5.41) is 4.41. The van der Waals surface area contributed by atoms with Crippen molar-refractivity contribution in [2.75, 3.05) is 6.54 Å². The van der Waals surface area contributed by atoms with Gasteiger partial charge in [-0.1, -0.05) is 60.5 Å². The summed E-state index contributed by atoms with van der Waals surface area (Å²) in [5.41, 5.74) is 5.42. The fraction of sp³-hybridized carbons (Fsp3) is 0.138. The molecule has 2 aliphatic rings. The van der Waals surface area contributed by atoms with Crippen LogP contribution >= 0.6 is 0 Å². The van der Waals surface area contributed by atoms with Crippen molar-refractivity contribution in [3.8, 4) is 22.4 Å². The Morgan fingerprint density at radius 3 is 2.61 bits per heavy atom. The number of hydrogen-bond donors (Lipinski definition) is 0. The van der Waals surface area contributed by atoms with Crippen LogP contribution in [0.3, 0.4) is 0 Å². The molecule has 0 saturated heterocycles. The van der Waals surface area contributed by atoms with Crippen LogP contribution in [0.2, 0.25) is 0 Å². The van der Waals surface area contributed by atoms with Gasteiger partial charge >= 0.3 is 20.1 Å². The summed E-state index contributed by atoms with van der Waals surface area (Å²) in [6, 6.07) is 23.3. The zero-order valence-electron chi connectivity index (χ0n) is 19.3. The Hall–Kier alpha value is -3.41. The molecule has 0 spiro atoms. The van der Waals surface area contributed by atoms with Crippen LogP contribution in [0.25, 0.3) is 27.7 Å². The van der Waals surface area contributed by atoms with E-state index in [0.29, 0.717) is 6.07 Å². The molecular weight excluding hydrogens is 640 g/mol. The van der Waals surface area contributed by atoms with Crippen molar-refractivity contribution in [2.45, 2.75) is 19.5 Å². The predicted molar refractivity (Wildman–Crippen MR) is 129 cm³/mol. The zero-order valence-corrected chi connectivity index (χ0v) is 21.7. The Kier molecular flexibility index (Phi) is 7.92. The third-order valence-corrected chi connectivity index (χ3v) is 6.06. The van der Waals surface area contributed by atoms with Gasteiger partial charge in [0.25, 0.3) is 0 Å². The van der Waals surface area contributed by atoms with Crippen molar-refractivity contribution in [3.05, 3.63) is 131 Å². The first-order chi connectivity index (χ1) is 17.0. The van der Waals surface area contributed by atoms with E-state index in [1.807, 2.05) is 49.5 Å². The van der Waals surface area contributed by atoms with E-state index in [1.54, 1.807) is 12.3 Å². The van der Waals surface area contributed by atoms with Crippen molar-refractivity contribution >= 4 is 0 Å². The van der Waals surface area contributed by atoms with Gasteiger partial charge in [-0.15, -0.1) is 0 Å². The number of fused-ring (bicyclic) bond motifs is 3. The Labute approximate surface area is 222 Å². The smallest absolute Gasteiger partial charge is 0.668 e. The topological polar surface area (TPSA) is 30.2 Å². The standard InChI is InChI=1S/C18H11F3N.C11H10N2.Ir/c1-11-7-18(13-8-16(20)17(21)9-15(13)19)22-10-14(11)12-5-3-2-4-6-12;1-2-4-10-9(3-1)5-7-13-8-6-12-11(10)13;/h2-7,9-10H,1H3;1-3,6,8,11H,5,7H2;/q-1;-2;+3. The van der Waals surface area contributed by atoms with E-state index in [4.69, 9.17) is 0 Å². The molecule has 3 heterocycles. The van der Waals surface area contributed by atoms with E-state index in [2.05, 4.69) is 45.7 Å². The van der Waals surface area contributed by atoms with E-state index >= 15 is 0 Å². The predicted octanol–water partition coefficient (Wildman–Crippen LogP) is 7.14. The fourth-order valence-corrected chi connectivity index (χ4v) is 4.28. The van der Waals surface area contributed by atoms with Gasteiger partial charge in [-0.05, 0) is 36.1 Å². The van der Waals surface area contributed by atoms with Crippen LogP contribution in [0.5, 0.6) is 0 Å². The number of aryl methyl sites for hydroxylation is 1. The van der Waals surface area contributed by atoms with Crippen LogP contribution in [0.4, 0.5) is 13.2 Å². The normalized spacial score (nSPS) is 15.1. The third kappa shape index (κ3) is 5.23. The Morgan fingerprint density at radius 2 is 1.83 bits per heavy atom. The molecule has 0 amide bonds. The molecule has 3 aromatic carbocycles. The SMILES string of the molecule is Cc1cc(-c2[c-]c(F)c(F)cc2F)ncc1-c1ccccc1.[Ir+3].[c-]1cccc2c1C1[N-]C=CN1CC2. The number of aromatic nitrogens is 1.